The van der Waals surface area contributed by atoms with Gasteiger partial charge in [0.05, 0.1) is 19.3 Å². The second-order valence-corrected chi connectivity index (χ2v) is 8.14. The third kappa shape index (κ3) is 5.58. The first-order valence-corrected chi connectivity index (χ1v) is 10.6. The number of benzene rings is 1. The van der Waals surface area contributed by atoms with Crippen LogP contribution in [0, 0.1) is 5.92 Å². The molecule has 30 heavy (non-hydrogen) atoms. The Morgan fingerprint density at radius 1 is 1.30 bits per heavy atom. The Morgan fingerprint density at radius 2 is 2.10 bits per heavy atom. The molecule has 1 saturated heterocycles. The smallest absolute Gasteiger partial charge is 0.273 e. The molecule has 1 aliphatic rings. The van der Waals surface area contributed by atoms with E-state index in [-0.39, 0.29) is 17.9 Å². The van der Waals surface area contributed by atoms with E-state index >= 15 is 0 Å². The van der Waals surface area contributed by atoms with Crippen LogP contribution in [0.3, 0.4) is 0 Å². The van der Waals surface area contributed by atoms with Crippen molar-refractivity contribution >= 4 is 11.8 Å². The molecule has 1 fully saturated rings. The molecule has 0 radical (unpaired) electrons. The minimum absolute atomic E-state index is 0.0353. The maximum Gasteiger partial charge on any atom is 0.273 e. The highest BCUT2D eigenvalue weighted by Crippen LogP contribution is 2.23. The Balaban J connectivity index is 1.56. The second kappa shape index (κ2) is 10.2. The van der Waals surface area contributed by atoms with E-state index in [0.29, 0.717) is 37.5 Å². The zero-order valence-corrected chi connectivity index (χ0v) is 18.0. The van der Waals surface area contributed by atoms with Crippen LogP contribution in [0.5, 0.6) is 5.75 Å². The van der Waals surface area contributed by atoms with Crippen molar-refractivity contribution in [1.82, 2.24) is 25.2 Å². The number of methoxy groups -OCH3 is 1. The van der Waals surface area contributed by atoms with Crippen LogP contribution in [0.1, 0.15) is 55.2 Å². The van der Waals surface area contributed by atoms with Gasteiger partial charge < -0.3 is 15.0 Å². The van der Waals surface area contributed by atoms with E-state index in [4.69, 9.17) is 4.74 Å². The number of rotatable bonds is 8. The normalized spacial score (nSPS) is 16.5. The number of amides is 2. The average Bonchev–Trinajstić information content (AvgIpc) is 3.26. The largest absolute Gasteiger partial charge is 0.496 e. The molecule has 8 heteroatoms. The lowest BCUT2D eigenvalue weighted by Crippen LogP contribution is -2.41. The van der Waals surface area contributed by atoms with E-state index < -0.39 is 0 Å². The number of carbonyl (C=O) groups excluding carboxylic acids is 2. The van der Waals surface area contributed by atoms with Gasteiger partial charge in [-0.2, -0.15) is 0 Å². The molecule has 8 nitrogen and oxygen atoms in total. The SMILES string of the molecule is COc1ccccc1CCC(=O)N1CCCC(n2cc(C(=O)NCC(C)C)nn2)C1. The first-order valence-electron chi connectivity index (χ1n) is 10.6. The summed E-state index contributed by atoms with van der Waals surface area (Å²) in [7, 11) is 1.64. The summed E-state index contributed by atoms with van der Waals surface area (Å²) < 4.78 is 7.10. The summed E-state index contributed by atoms with van der Waals surface area (Å²) in [5, 5.41) is 11.0. The zero-order chi connectivity index (χ0) is 21.5. The molecule has 0 aliphatic carbocycles. The number of ether oxygens (including phenoxy) is 1. The maximum atomic E-state index is 12.8. The van der Waals surface area contributed by atoms with Crippen molar-refractivity contribution in [2.75, 3.05) is 26.7 Å². The van der Waals surface area contributed by atoms with E-state index in [0.717, 1.165) is 30.7 Å². The van der Waals surface area contributed by atoms with Gasteiger partial charge in [0.2, 0.25) is 5.91 Å². The summed E-state index contributed by atoms with van der Waals surface area (Å²) in [5.41, 5.74) is 1.35. The van der Waals surface area contributed by atoms with Crippen LogP contribution >= 0.6 is 0 Å². The summed E-state index contributed by atoms with van der Waals surface area (Å²) in [6, 6.07) is 7.82. The van der Waals surface area contributed by atoms with E-state index in [1.165, 1.54) is 0 Å². The first-order chi connectivity index (χ1) is 14.5. The third-order valence-electron chi connectivity index (χ3n) is 5.34. The fraction of sp³-hybridized carbons (Fsp3) is 0.545. The van der Waals surface area contributed by atoms with Gasteiger partial charge in [-0.15, -0.1) is 5.10 Å². The monoisotopic (exact) mass is 413 g/mol. The number of likely N-dealkylation sites (tertiary alicyclic amines) is 1. The van der Waals surface area contributed by atoms with Crippen LogP contribution in [0.4, 0.5) is 0 Å². The molecule has 2 heterocycles. The van der Waals surface area contributed by atoms with Gasteiger partial charge in [-0.25, -0.2) is 4.68 Å². The van der Waals surface area contributed by atoms with Crippen molar-refractivity contribution in [3.63, 3.8) is 0 Å². The molecular formula is C22H31N5O3. The fourth-order valence-electron chi connectivity index (χ4n) is 3.65. The Kier molecular flexibility index (Phi) is 7.43. The number of aromatic nitrogens is 3. The summed E-state index contributed by atoms with van der Waals surface area (Å²) in [6.07, 6.45) is 4.58. The van der Waals surface area contributed by atoms with Crippen molar-refractivity contribution in [3.8, 4) is 5.75 Å². The minimum atomic E-state index is -0.212. The number of hydrogen-bond acceptors (Lipinski definition) is 5. The number of hydrogen-bond donors (Lipinski definition) is 1. The first kappa shape index (κ1) is 21.8. The van der Waals surface area contributed by atoms with Crippen LogP contribution in [0.2, 0.25) is 0 Å². The molecule has 0 spiro atoms. The highest BCUT2D eigenvalue weighted by atomic mass is 16.5. The quantitative estimate of drug-likeness (QED) is 0.718. The van der Waals surface area contributed by atoms with Gasteiger partial charge in [0.1, 0.15) is 5.75 Å². The molecule has 162 valence electrons. The molecular weight excluding hydrogens is 382 g/mol. The molecule has 1 aromatic heterocycles. The number of aryl methyl sites for hydroxylation is 1. The Morgan fingerprint density at radius 3 is 2.87 bits per heavy atom. The standard InChI is InChI=1S/C22H31N5O3/c1-16(2)13-23-22(29)19-15-27(25-24-19)18-8-6-12-26(14-18)21(28)11-10-17-7-4-5-9-20(17)30-3/h4-5,7,9,15-16,18H,6,8,10-14H2,1-3H3,(H,23,29). The molecule has 1 aromatic carbocycles. The fourth-order valence-corrected chi connectivity index (χ4v) is 3.65. The van der Waals surface area contributed by atoms with Gasteiger partial charge in [0, 0.05) is 26.1 Å². The highest BCUT2D eigenvalue weighted by Gasteiger charge is 2.26. The van der Waals surface area contributed by atoms with Gasteiger partial charge in [-0.3, -0.25) is 9.59 Å². The summed E-state index contributed by atoms with van der Waals surface area (Å²) >= 11 is 0. The number of para-hydroxylation sites is 1. The highest BCUT2D eigenvalue weighted by molar-refractivity contribution is 5.91. The van der Waals surface area contributed by atoms with E-state index in [9.17, 15) is 9.59 Å². The molecule has 0 bridgehead atoms. The van der Waals surface area contributed by atoms with Gasteiger partial charge >= 0.3 is 0 Å². The van der Waals surface area contributed by atoms with Crippen LogP contribution in [0.15, 0.2) is 30.5 Å². The van der Waals surface area contributed by atoms with Gasteiger partial charge in [0.25, 0.3) is 5.91 Å². The summed E-state index contributed by atoms with van der Waals surface area (Å²) in [4.78, 5) is 26.9. The second-order valence-electron chi connectivity index (χ2n) is 8.14. The van der Waals surface area contributed by atoms with Crippen molar-refractivity contribution in [2.45, 2.75) is 45.6 Å². The van der Waals surface area contributed by atoms with Crippen LogP contribution < -0.4 is 10.1 Å². The Labute approximate surface area is 177 Å². The van der Waals surface area contributed by atoms with E-state index in [1.54, 1.807) is 18.0 Å². The lowest BCUT2D eigenvalue weighted by Gasteiger charge is -2.32. The Bertz CT molecular complexity index is 864. The zero-order valence-electron chi connectivity index (χ0n) is 18.0. The van der Waals surface area contributed by atoms with Crippen molar-refractivity contribution in [1.29, 1.82) is 0 Å². The molecule has 0 saturated carbocycles. The van der Waals surface area contributed by atoms with Crippen molar-refractivity contribution in [2.24, 2.45) is 5.92 Å². The van der Waals surface area contributed by atoms with Crippen LogP contribution in [-0.4, -0.2) is 58.5 Å². The number of nitrogens with one attached hydrogen (secondary N) is 1. The number of piperidine rings is 1. The molecule has 1 atom stereocenters. The number of carbonyl (C=O) groups is 2. The minimum Gasteiger partial charge on any atom is -0.496 e. The predicted octanol–water partition coefficient (Wildman–Crippen LogP) is 2.47. The third-order valence-corrected chi connectivity index (χ3v) is 5.34. The molecule has 1 unspecified atom stereocenters. The molecule has 2 aromatic rings. The molecule has 3 rings (SSSR count). The lowest BCUT2D eigenvalue weighted by molar-refractivity contribution is -0.132. The van der Waals surface area contributed by atoms with Crippen LogP contribution in [-0.2, 0) is 11.2 Å². The topological polar surface area (TPSA) is 89.4 Å². The predicted molar refractivity (Wildman–Crippen MR) is 113 cm³/mol. The van der Waals surface area contributed by atoms with E-state index in [2.05, 4.69) is 15.6 Å². The lowest BCUT2D eigenvalue weighted by atomic mass is 10.0. The Hall–Kier alpha value is -2.90. The summed E-state index contributed by atoms with van der Waals surface area (Å²) in [6.45, 7) is 6.01. The van der Waals surface area contributed by atoms with Gasteiger partial charge in [-0.1, -0.05) is 37.3 Å². The molecule has 1 N–H and O–H groups in total. The van der Waals surface area contributed by atoms with Crippen molar-refractivity contribution in [3.05, 3.63) is 41.7 Å². The van der Waals surface area contributed by atoms with Crippen molar-refractivity contribution < 1.29 is 14.3 Å². The van der Waals surface area contributed by atoms with E-state index in [1.807, 2.05) is 43.0 Å². The average molecular weight is 414 g/mol. The maximum absolute atomic E-state index is 12.8. The van der Waals surface area contributed by atoms with Gasteiger partial charge in [-0.05, 0) is 36.8 Å². The molecule has 2 amide bonds. The van der Waals surface area contributed by atoms with Crippen LogP contribution in [0.25, 0.3) is 0 Å². The number of nitrogens with zero attached hydrogens (tertiary/aromatic N) is 4. The van der Waals surface area contributed by atoms with Gasteiger partial charge in [0.15, 0.2) is 5.69 Å². The summed E-state index contributed by atoms with van der Waals surface area (Å²) in [5.74, 6) is 1.10. The molecule has 1 aliphatic heterocycles.